The molecule has 0 atom stereocenters. The molecule has 0 radical (unpaired) electrons. The van der Waals surface area contributed by atoms with E-state index in [2.05, 4.69) is 86.0 Å². The van der Waals surface area contributed by atoms with Gasteiger partial charge >= 0.3 is 119 Å². The SMILES string of the molecule is CC1=CCC(=N[C](=[Pt])Nc2ccc(C)cc2)C=C1. The number of nitrogens with zero attached hydrogens (tertiary/aromatic N) is 1. The molecule has 2 rings (SSSR count). The fourth-order valence-electron chi connectivity index (χ4n) is 1.60. The molecule has 18 heavy (non-hydrogen) atoms. The molecule has 0 saturated heterocycles. The molecule has 3 heteroatoms. The first kappa shape index (κ1) is 13.2. The molecule has 0 bridgehead atoms. The van der Waals surface area contributed by atoms with E-state index in [1.807, 2.05) is 0 Å². The van der Waals surface area contributed by atoms with Gasteiger partial charge in [0.15, 0.2) is 0 Å². The Balaban J connectivity index is 1.99. The van der Waals surface area contributed by atoms with Gasteiger partial charge in [-0.25, -0.2) is 0 Å². The van der Waals surface area contributed by atoms with Gasteiger partial charge in [-0.15, -0.1) is 0 Å². The second-order valence-corrected chi connectivity index (χ2v) is 5.42. The minimum absolute atomic E-state index is 0.895. The van der Waals surface area contributed by atoms with Crippen molar-refractivity contribution in [1.29, 1.82) is 0 Å². The zero-order valence-electron chi connectivity index (χ0n) is 10.5. The Labute approximate surface area is 119 Å². The molecule has 0 amide bonds. The van der Waals surface area contributed by atoms with Crippen molar-refractivity contribution >= 4 is 15.5 Å². The molecule has 0 spiro atoms. The number of allylic oxidation sites excluding steroid dienone is 4. The summed E-state index contributed by atoms with van der Waals surface area (Å²) in [4.78, 5) is 4.57. The van der Waals surface area contributed by atoms with Gasteiger partial charge in [0.25, 0.3) is 0 Å². The molecule has 0 heterocycles. The van der Waals surface area contributed by atoms with Crippen molar-refractivity contribution in [1.82, 2.24) is 0 Å². The fourth-order valence-corrected chi connectivity index (χ4v) is 2.26. The van der Waals surface area contributed by atoms with Gasteiger partial charge in [0.2, 0.25) is 0 Å². The van der Waals surface area contributed by atoms with Crippen LogP contribution < -0.4 is 5.32 Å². The molecule has 0 unspecified atom stereocenters. The van der Waals surface area contributed by atoms with Crippen LogP contribution in [0.25, 0.3) is 0 Å². The topological polar surface area (TPSA) is 24.4 Å². The normalized spacial score (nSPS) is 16.7. The van der Waals surface area contributed by atoms with Crippen molar-refractivity contribution in [3.05, 3.63) is 53.6 Å². The second-order valence-electron chi connectivity index (χ2n) is 4.34. The molecular formula is C15H16N2Pt. The predicted octanol–water partition coefficient (Wildman–Crippen LogP) is 3.39. The number of hydrogen-bond donors (Lipinski definition) is 1. The number of benzene rings is 1. The van der Waals surface area contributed by atoms with Crippen LogP contribution in [0.2, 0.25) is 0 Å². The van der Waals surface area contributed by atoms with Crippen LogP contribution >= 0.6 is 0 Å². The number of rotatable bonds is 3. The summed E-state index contributed by atoms with van der Waals surface area (Å²) in [6, 6.07) is 8.31. The van der Waals surface area contributed by atoms with Crippen LogP contribution in [0, 0.1) is 6.92 Å². The average molecular weight is 419 g/mol. The van der Waals surface area contributed by atoms with Crippen molar-refractivity contribution in [2.75, 3.05) is 5.32 Å². The Morgan fingerprint density at radius 2 is 1.89 bits per heavy atom. The van der Waals surface area contributed by atoms with Gasteiger partial charge in [0.05, 0.1) is 0 Å². The van der Waals surface area contributed by atoms with Crippen molar-refractivity contribution in [3.8, 4) is 0 Å². The Kier molecular flexibility index (Phi) is 4.43. The third kappa shape index (κ3) is 3.89. The van der Waals surface area contributed by atoms with Crippen LogP contribution in [-0.2, 0) is 19.4 Å². The summed E-state index contributed by atoms with van der Waals surface area (Å²) in [6.45, 7) is 4.19. The summed E-state index contributed by atoms with van der Waals surface area (Å²) in [5.41, 5.74) is 4.72. The Bertz CT molecular complexity index is 536. The van der Waals surface area contributed by atoms with Crippen LogP contribution in [0.1, 0.15) is 18.9 Å². The zero-order valence-corrected chi connectivity index (χ0v) is 12.8. The van der Waals surface area contributed by atoms with Gasteiger partial charge in [0.1, 0.15) is 0 Å². The quantitative estimate of drug-likeness (QED) is 0.798. The van der Waals surface area contributed by atoms with Gasteiger partial charge < -0.3 is 0 Å². The van der Waals surface area contributed by atoms with Crippen LogP contribution in [-0.4, -0.2) is 9.86 Å². The van der Waals surface area contributed by atoms with Crippen molar-refractivity contribution in [2.24, 2.45) is 4.99 Å². The van der Waals surface area contributed by atoms with Crippen molar-refractivity contribution in [3.63, 3.8) is 0 Å². The molecule has 0 aliphatic heterocycles. The van der Waals surface area contributed by atoms with E-state index < -0.39 is 0 Å². The van der Waals surface area contributed by atoms with Crippen LogP contribution in [0.15, 0.2) is 53.1 Å². The zero-order chi connectivity index (χ0) is 13.0. The van der Waals surface area contributed by atoms with Crippen LogP contribution in [0.5, 0.6) is 0 Å². The number of aryl methyl sites for hydroxylation is 1. The molecule has 1 aromatic carbocycles. The molecule has 0 saturated carbocycles. The number of aliphatic imine (C=N–C) groups is 1. The third-order valence-electron chi connectivity index (χ3n) is 2.70. The maximum absolute atomic E-state index is 4.57. The second kappa shape index (κ2) is 6.06. The van der Waals surface area contributed by atoms with E-state index >= 15 is 0 Å². The summed E-state index contributed by atoms with van der Waals surface area (Å²) >= 11 is 2.21. The molecule has 0 fully saturated rings. The summed E-state index contributed by atoms with van der Waals surface area (Å²) in [5, 5.41) is 3.29. The van der Waals surface area contributed by atoms with Crippen LogP contribution in [0.4, 0.5) is 5.69 Å². The first-order chi connectivity index (χ1) is 8.63. The number of hydrogen-bond acceptors (Lipinski definition) is 2. The molecule has 0 aromatic heterocycles. The summed E-state index contributed by atoms with van der Waals surface area (Å²) in [6.07, 6.45) is 7.27. The Morgan fingerprint density at radius 1 is 1.17 bits per heavy atom. The summed E-state index contributed by atoms with van der Waals surface area (Å²) in [7, 11) is 0. The fraction of sp³-hybridized carbons (Fsp3) is 0.200. The van der Waals surface area contributed by atoms with Gasteiger partial charge in [-0.1, -0.05) is 0 Å². The monoisotopic (exact) mass is 419 g/mol. The minimum atomic E-state index is 0.895. The third-order valence-corrected chi connectivity index (χ3v) is 3.24. The van der Waals surface area contributed by atoms with E-state index in [0.717, 1.165) is 22.0 Å². The van der Waals surface area contributed by atoms with Crippen molar-refractivity contribution in [2.45, 2.75) is 20.3 Å². The van der Waals surface area contributed by atoms with E-state index in [4.69, 9.17) is 0 Å². The molecule has 2 nitrogen and oxygen atoms in total. The molecule has 1 aliphatic carbocycles. The Hall–Kier alpha value is -1.27. The molecular weight excluding hydrogens is 403 g/mol. The molecule has 96 valence electrons. The van der Waals surface area contributed by atoms with E-state index in [9.17, 15) is 0 Å². The standard InChI is InChI=1S/C15H16N2.Pt/c1-12-3-7-14(8-4-12)16-11-17-15-9-5-13(2)6-10-15;/h3-9,16H,10H2,1-2H3;. The summed E-state index contributed by atoms with van der Waals surface area (Å²) in [5.74, 6) is 0. The van der Waals surface area contributed by atoms with Crippen LogP contribution in [0.3, 0.4) is 0 Å². The molecule has 1 aliphatic rings. The van der Waals surface area contributed by atoms with E-state index in [1.165, 1.54) is 11.1 Å². The van der Waals surface area contributed by atoms with Gasteiger partial charge in [-0.2, -0.15) is 0 Å². The maximum atomic E-state index is 4.57. The Morgan fingerprint density at radius 3 is 2.50 bits per heavy atom. The first-order valence-corrected chi connectivity index (χ1v) is 7.02. The van der Waals surface area contributed by atoms with E-state index in [-0.39, 0.29) is 0 Å². The predicted molar refractivity (Wildman–Crippen MR) is 74.8 cm³/mol. The van der Waals surface area contributed by atoms with Gasteiger partial charge in [0, 0.05) is 0 Å². The molecule has 1 aromatic rings. The van der Waals surface area contributed by atoms with Gasteiger partial charge in [-0.3, -0.25) is 0 Å². The van der Waals surface area contributed by atoms with E-state index in [0.29, 0.717) is 0 Å². The molecule has 1 N–H and O–H groups in total. The van der Waals surface area contributed by atoms with Crippen molar-refractivity contribution < 1.29 is 19.4 Å². The number of nitrogens with one attached hydrogen (secondary N) is 1. The average Bonchev–Trinajstić information content (AvgIpc) is 2.35. The van der Waals surface area contributed by atoms with Gasteiger partial charge in [-0.05, 0) is 0 Å². The van der Waals surface area contributed by atoms with E-state index in [1.54, 1.807) is 0 Å². The first-order valence-electron chi connectivity index (χ1n) is 5.89. The number of anilines is 1. The summed E-state index contributed by atoms with van der Waals surface area (Å²) < 4.78 is 0.895.